The van der Waals surface area contributed by atoms with Gasteiger partial charge in [0.25, 0.3) is 0 Å². The number of methoxy groups -OCH3 is 1. The van der Waals surface area contributed by atoms with Crippen molar-refractivity contribution in [2.75, 3.05) is 7.11 Å². The Morgan fingerprint density at radius 1 is 1.35 bits per heavy atom. The molecule has 1 N–H and O–H groups in total. The highest BCUT2D eigenvalue weighted by molar-refractivity contribution is 9.10. The first-order valence-electron chi connectivity index (χ1n) is 4.72. The molecule has 0 amide bonds. The molecule has 1 rings (SSSR count). The number of esters is 1. The molecule has 0 radical (unpaired) electrons. The van der Waals surface area contributed by atoms with Gasteiger partial charge >= 0.3 is 5.97 Å². The summed E-state index contributed by atoms with van der Waals surface area (Å²) < 4.78 is 31.1. The lowest BCUT2D eigenvalue weighted by Crippen LogP contribution is -2.39. The zero-order valence-corrected chi connectivity index (χ0v) is 11.7. The molecule has 0 aliphatic rings. The van der Waals surface area contributed by atoms with E-state index < -0.39 is 22.0 Å². The van der Waals surface area contributed by atoms with E-state index in [1.165, 1.54) is 26.2 Å². The van der Waals surface area contributed by atoms with Gasteiger partial charge in [-0.3, -0.25) is 4.79 Å². The average Bonchev–Trinajstić information content (AvgIpc) is 2.27. The molecular weight excluding hydrogens is 310 g/mol. The van der Waals surface area contributed by atoms with Crippen molar-refractivity contribution in [1.29, 1.82) is 0 Å². The third kappa shape index (κ3) is 3.79. The SMILES string of the molecule is COC(=O)[C@H](C)NS(=O)(=O)c1ccc(Br)cc1. The summed E-state index contributed by atoms with van der Waals surface area (Å²) in [4.78, 5) is 11.2. The summed E-state index contributed by atoms with van der Waals surface area (Å²) in [6.45, 7) is 1.42. The summed E-state index contributed by atoms with van der Waals surface area (Å²) in [7, 11) is -2.50. The largest absolute Gasteiger partial charge is 0.468 e. The molecule has 94 valence electrons. The highest BCUT2D eigenvalue weighted by Gasteiger charge is 2.22. The zero-order valence-electron chi connectivity index (χ0n) is 9.31. The second-order valence-electron chi connectivity index (χ2n) is 3.32. The molecule has 1 aromatic carbocycles. The number of hydrogen-bond acceptors (Lipinski definition) is 4. The number of sulfonamides is 1. The minimum Gasteiger partial charge on any atom is -0.468 e. The lowest BCUT2D eigenvalue weighted by atomic mass is 10.4. The zero-order chi connectivity index (χ0) is 13.1. The number of carbonyl (C=O) groups is 1. The minimum atomic E-state index is -3.70. The van der Waals surface area contributed by atoms with Crippen molar-refractivity contribution in [2.24, 2.45) is 0 Å². The van der Waals surface area contributed by atoms with Gasteiger partial charge in [-0.05, 0) is 31.2 Å². The number of benzene rings is 1. The Morgan fingerprint density at radius 2 is 1.88 bits per heavy atom. The van der Waals surface area contributed by atoms with Crippen molar-refractivity contribution in [1.82, 2.24) is 4.72 Å². The normalized spacial score (nSPS) is 13.1. The van der Waals surface area contributed by atoms with E-state index in [0.29, 0.717) is 0 Å². The molecule has 0 unspecified atom stereocenters. The molecule has 1 aromatic rings. The molecule has 1 atom stereocenters. The van der Waals surface area contributed by atoms with E-state index in [1.807, 2.05) is 0 Å². The maximum atomic E-state index is 11.8. The van der Waals surface area contributed by atoms with Crippen molar-refractivity contribution in [3.05, 3.63) is 28.7 Å². The van der Waals surface area contributed by atoms with Crippen molar-refractivity contribution < 1.29 is 17.9 Å². The molecule has 0 saturated carbocycles. The number of carbonyl (C=O) groups excluding carboxylic acids is 1. The van der Waals surface area contributed by atoms with Crippen molar-refractivity contribution >= 4 is 31.9 Å². The van der Waals surface area contributed by atoms with Crippen molar-refractivity contribution in [2.45, 2.75) is 17.9 Å². The van der Waals surface area contributed by atoms with Crippen LogP contribution in [0.5, 0.6) is 0 Å². The highest BCUT2D eigenvalue weighted by atomic mass is 79.9. The van der Waals surface area contributed by atoms with Gasteiger partial charge in [-0.25, -0.2) is 8.42 Å². The van der Waals surface area contributed by atoms with Gasteiger partial charge in [0.05, 0.1) is 12.0 Å². The van der Waals surface area contributed by atoms with Gasteiger partial charge in [-0.1, -0.05) is 15.9 Å². The topological polar surface area (TPSA) is 72.5 Å². The van der Waals surface area contributed by atoms with Crippen LogP contribution in [0.15, 0.2) is 33.6 Å². The minimum absolute atomic E-state index is 0.0939. The second-order valence-corrected chi connectivity index (χ2v) is 5.95. The predicted molar refractivity (Wildman–Crippen MR) is 65.9 cm³/mol. The molecule has 0 spiro atoms. The fourth-order valence-electron chi connectivity index (χ4n) is 1.14. The quantitative estimate of drug-likeness (QED) is 0.848. The monoisotopic (exact) mass is 321 g/mol. The summed E-state index contributed by atoms with van der Waals surface area (Å²) in [5.74, 6) is -0.634. The maximum absolute atomic E-state index is 11.8. The van der Waals surface area contributed by atoms with Gasteiger partial charge in [0.2, 0.25) is 10.0 Å². The van der Waals surface area contributed by atoms with Gasteiger partial charge in [0, 0.05) is 4.47 Å². The van der Waals surface area contributed by atoms with Crippen molar-refractivity contribution in [3.8, 4) is 0 Å². The standard InChI is InChI=1S/C10H12BrNO4S/c1-7(10(13)16-2)12-17(14,15)9-5-3-8(11)4-6-9/h3-7,12H,1-2H3/t7-/m0/s1. The van der Waals surface area contributed by atoms with Crippen LogP contribution in [0.3, 0.4) is 0 Å². The molecule has 0 aliphatic carbocycles. The van der Waals surface area contributed by atoms with Gasteiger partial charge < -0.3 is 4.74 Å². The number of hydrogen-bond donors (Lipinski definition) is 1. The Morgan fingerprint density at radius 3 is 2.35 bits per heavy atom. The Balaban J connectivity index is 2.89. The average molecular weight is 322 g/mol. The summed E-state index contributed by atoms with van der Waals surface area (Å²) >= 11 is 3.21. The predicted octanol–water partition coefficient (Wildman–Crippen LogP) is 1.29. The third-order valence-corrected chi connectivity index (χ3v) is 4.10. The second kappa shape index (κ2) is 5.61. The molecule has 0 bridgehead atoms. The van der Waals surface area contributed by atoms with Gasteiger partial charge in [-0.15, -0.1) is 0 Å². The molecule has 0 aromatic heterocycles. The molecule has 17 heavy (non-hydrogen) atoms. The maximum Gasteiger partial charge on any atom is 0.323 e. The van der Waals surface area contributed by atoms with E-state index in [1.54, 1.807) is 12.1 Å². The number of halogens is 1. The lowest BCUT2D eigenvalue weighted by Gasteiger charge is -2.12. The van der Waals surface area contributed by atoms with E-state index >= 15 is 0 Å². The summed E-state index contributed by atoms with van der Waals surface area (Å²) in [6, 6.07) is 5.18. The first-order chi connectivity index (χ1) is 7.86. The highest BCUT2D eigenvalue weighted by Crippen LogP contribution is 2.14. The van der Waals surface area contributed by atoms with Crippen LogP contribution in [-0.2, 0) is 19.6 Å². The van der Waals surface area contributed by atoms with Crippen LogP contribution >= 0.6 is 15.9 Å². The lowest BCUT2D eigenvalue weighted by molar-refractivity contribution is -0.142. The van der Waals surface area contributed by atoms with E-state index in [9.17, 15) is 13.2 Å². The van der Waals surface area contributed by atoms with E-state index in [-0.39, 0.29) is 4.90 Å². The fraction of sp³-hybridized carbons (Fsp3) is 0.300. The van der Waals surface area contributed by atoms with E-state index in [2.05, 4.69) is 25.4 Å². The number of rotatable bonds is 4. The molecule has 0 fully saturated rings. The third-order valence-electron chi connectivity index (χ3n) is 2.01. The molecule has 7 heteroatoms. The van der Waals surface area contributed by atoms with Crippen LogP contribution in [0, 0.1) is 0 Å². The number of nitrogens with one attached hydrogen (secondary N) is 1. The van der Waals surface area contributed by atoms with Crippen LogP contribution in [0.2, 0.25) is 0 Å². The van der Waals surface area contributed by atoms with Crippen LogP contribution in [-0.4, -0.2) is 27.5 Å². The van der Waals surface area contributed by atoms with E-state index in [4.69, 9.17) is 0 Å². The summed E-state index contributed by atoms with van der Waals surface area (Å²) in [6.07, 6.45) is 0. The molecule has 5 nitrogen and oxygen atoms in total. The van der Waals surface area contributed by atoms with Crippen LogP contribution in [0.4, 0.5) is 0 Å². The molecule has 0 saturated heterocycles. The Kier molecular flexibility index (Phi) is 4.67. The summed E-state index contributed by atoms with van der Waals surface area (Å²) in [5.41, 5.74) is 0. The molecule has 0 aliphatic heterocycles. The fourth-order valence-corrected chi connectivity index (χ4v) is 2.60. The Bertz CT molecular complexity index is 498. The first kappa shape index (κ1) is 14.1. The van der Waals surface area contributed by atoms with Crippen LogP contribution in [0.25, 0.3) is 0 Å². The molecular formula is C10H12BrNO4S. The molecule has 0 heterocycles. The van der Waals surface area contributed by atoms with Crippen LogP contribution in [0.1, 0.15) is 6.92 Å². The van der Waals surface area contributed by atoms with Gasteiger partial charge in [0.1, 0.15) is 6.04 Å². The Hall–Kier alpha value is -0.920. The van der Waals surface area contributed by atoms with Gasteiger partial charge in [0.15, 0.2) is 0 Å². The Labute approximate surface area is 108 Å². The summed E-state index contributed by atoms with van der Waals surface area (Å²) in [5, 5.41) is 0. The van der Waals surface area contributed by atoms with Crippen LogP contribution < -0.4 is 4.72 Å². The van der Waals surface area contributed by atoms with E-state index in [0.717, 1.165) is 4.47 Å². The smallest absolute Gasteiger partial charge is 0.323 e. The van der Waals surface area contributed by atoms with Crippen molar-refractivity contribution in [3.63, 3.8) is 0 Å². The number of ether oxygens (including phenoxy) is 1. The van der Waals surface area contributed by atoms with Gasteiger partial charge in [-0.2, -0.15) is 4.72 Å². The first-order valence-corrected chi connectivity index (χ1v) is 7.00.